The molecule has 0 atom stereocenters. The van der Waals surface area contributed by atoms with Crippen LogP contribution in [0.25, 0.3) is 22.3 Å². The minimum Gasteiger partial charge on any atom is -0.464 e. The predicted octanol–water partition coefficient (Wildman–Crippen LogP) is 3.17. The number of hydrogen-bond donors (Lipinski definition) is 2. The van der Waals surface area contributed by atoms with E-state index in [1.807, 2.05) is 18.3 Å². The first-order valence-corrected chi connectivity index (χ1v) is 11.7. The minimum atomic E-state index is -1.50. The second-order valence-electron chi connectivity index (χ2n) is 9.22. The Balaban J connectivity index is 1.71. The molecule has 2 aliphatic rings. The van der Waals surface area contributed by atoms with Gasteiger partial charge in [0.25, 0.3) is 0 Å². The summed E-state index contributed by atoms with van der Waals surface area (Å²) in [6.45, 7) is 7.09. The van der Waals surface area contributed by atoms with Crippen molar-refractivity contribution < 1.29 is 23.9 Å². The third-order valence-corrected chi connectivity index (χ3v) is 6.83. The molecule has 0 spiro atoms. The highest BCUT2D eigenvalue weighted by atomic mass is 16.6. The molecule has 2 N–H and O–H groups in total. The van der Waals surface area contributed by atoms with Gasteiger partial charge in [-0.05, 0) is 75.8 Å². The van der Waals surface area contributed by atoms with Crippen LogP contribution in [0.1, 0.15) is 50.8 Å². The van der Waals surface area contributed by atoms with Crippen molar-refractivity contribution in [2.75, 3.05) is 18.1 Å². The fourth-order valence-corrected chi connectivity index (χ4v) is 5.16. The zero-order valence-electron chi connectivity index (χ0n) is 19.8. The summed E-state index contributed by atoms with van der Waals surface area (Å²) in [5, 5.41) is 8.29. The zero-order chi connectivity index (χ0) is 24.2. The van der Waals surface area contributed by atoms with E-state index in [1.54, 1.807) is 27.7 Å². The van der Waals surface area contributed by atoms with Gasteiger partial charge in [-0.25, -0.2) is 9.59 Å². The molecule has 1 aliphatic carbocycles. The SMILES string of the molecule is CCOC(=O)C(C(=O)OCC)N1C(=O)C(C)(C)c2cc3[nH]c4c(c3cc21)CCCc1cn[nH]c1-4. The number of nitrogens with one attached hydrogen (secondary N) is 2. The lowest BCUT2D eigenvalue weighted by Crippen LogP contribution is -2.52. The highest BCUT2D eigenvalue weighted by molar-refractivity contribution is 6.18. The summed E-state index contributed by atoms with van der Waals surface area (Å²) in [6.07, 6.45) is 4.61. The van der Waals surface area contributed by atoms with Gasteiger partial charge in [0, 0.05) is 10.9 Å². The first-order valence-electron chi connectivity index (χ1n) is 11.7. The number of fused-ring (bicyclic) bond motifs is 6. The van der Waals surface area contributed by atoms with Crippen LogP contribution in [0.4, 0.5) is 5.69 Å². The van der Waals surface area contributed by atoms with Gasteiger partial charge in [-0.1, -0.05) is 0 Å². The van der Waals surface area contributed by atoms with Crippen molar-refractivity contribution in [3.8, 4) is 11.4 Å². The van der Waals surface area contributed by atoms with E-state index in [9.17, 15) is 14.4 Å². The summed E-state index contributed by atoms with van der Waals surface area (Å²) in [5.41, 5.74) is 5.50. The maximum atomic E-state index is 13.6. The van der Waals surface area contributed by atoms with Gasteiger partial charge >= 0.3 is 11.9 Å². The molecule has 1 aromatic carbocycles. The van der Waals surface area contributed by atoms with E-state index in [0.29, 0.717) is 5.69 Å². The Labute approximate surface area is 196 Å². The van der Waals surface area contributed by atoms with Crippen molar-refractivity contribution in [3.05, 3.63) is 35.0 Å². The van der Waals surface area contributed by atoms with Crippen molar-refractivity contribution in [1.29, 1.82) is 0 Å². The molecule has 0 saturated carbocycles. The summed E-state index contributed by atoms with van der Waals surface area (Å²) in [5.74, 6) is -1.94. The molecular weight excluding hydrogens is 436 g/mol. The highest BCUT2D eigenvalue weighted by Crippen LogP contribution is 2.47. The van der Waals surface area contributed by atoms with Gasteiger partial charge in [0.2, 0.25) is 11.9 Å². The summed E-state index contributed by atoms with van der Waals surface area (Å²) in [7, 11) is 0. The van der Waals surface area contributed by atoms with Gasteiger partial charge in [0.05, 0.1) is 41.9 Å². The minimum absolute atomic E-state index is 0.0872. The molecule has 0 unspecified atom stereocenters. The second-order valence-corrected chi connectivity index (χ2v) is 9.22. The monoisotopic (exact) mass is 464 g/mol. The number of amides is 1. The molecule has 9 nitrogen and oxygen atoms in total. The molecule has 178 valence electrons. The smallest absolute Gasteiger partial charge is 0.341 e. The number of H-pyrrole nitrogens is 2. The number of hydrogen-bond acceptors (Lipinski definition) is 6. The molecule has 1 amide bonds. The van der Waals surface area contributed by atoms with Crippen molar-refractivity contribution in [2.24, 2.45) is 0 Å². The van der Waals surface area contributed by atoms with Crippen molar-refractivity contribution in [3.63, 3.8) is 0 Å². The summed E-state index contributed by atoms with van der Waals surface area (Å²) < 4.78 is 10.3. The zero-order valence-corrected chi connectivity index (χ0v) is 19.8. The number of aromatic amines is 2. The lowest BCUT2D eigenvalue weighted by molar-refractivity contribution is -0.157. The molecule has 5 rings (SSSR count). The summed E-state index contributed by atoms with van der Waals surface area (Å²) in [6, 6.07) is 2.38. The quantitative estimate of drug-likeness (QED) is 0.442. The molecule has 0 bridgehead atoms. The van der Waals surface area contributed by atoms with Gasteiger partial charge in [-0.3, -0.25) is 14.8 Å². The van der Waals surface area contributed by atoms with Crippen LogP contribution in [0.3, 0.4) is 0 Å². The Morgan fingerprint density at radius 3 is 2.50 bits per heavy atom. The third-order valence-electron chi connectivity index (χ3n) is 6.83. The fourth-order valence-electron chi connectivity index (χ4n) is 5.16. The van der Waals surface area contributed by atoms with E-state index in [4.69, 9.17) is 9.47 Å². The molecule has 0 saturated heterocycles. The Bertz CT molecular complexity index is 1300. The van der Waals surface area contributed by atoms with Crippen molar-refractivity contribution in [1.82, 2.24) is 15.2 Å². The lowest BCUT2D eigenvalue weighted by atomic mass is 9.85. The Kier molecular flexibility index (Phi) is 5.22. The maximum Gasteiger partial charge on any atom is 0.341 e. The number of anilines is 1. The first kappa shape index (κ1) is 22.2. The van der Waals surface area contributed by atoms with Crippen molar-refractivity contribution >= 4 is 34.4 Å². The number of aromatic nitrogens is 3. The van der Waals surface area contributed by atoms with E-state index in [2.05, 4.69) is 15.2 Å². The first-order chi connectivity index (χ1) is 16.3. The summed E-state index contributed by atoms with van der Waals surface area (Å²) in [4.78, 5) is 44.2. The topological polar surface area (TPSA) is 117 Å². The number of rotatable bonds is 5. The second kappa shape index (κ2) is 8.00. The predicted molar refractivity (Wildman–Crippen MR) is 125 cm³/mol. The molecule has 0 fully saturated rings. The van der Waals surface area contributed by atoms with E-state index < -0.39 is 23.4 Å². The van der Waals surface area contributed by atoms with Crippen LogP contribution in [0.2, 0.25) is 0 Å². The van der Waals surface area contributed by atoms with Crippen LogP contribution >= 0.6 is 0 Å². The number of carbonyl (C=O) groups excluding carboxylic acids is 3. The van der Waals surface area contributed by atoms with E-state index in [1.165, 1.54) is 10.5 Å². The van der Waals surface area contributed by atoms with Gasteiger partial charge in [0.15, 0.2) is 0 Å². The third kappa shape index (κ3) is 3.13. The average Bonchev–Trinajstić information content (AvgIpc) is 3.41. The average molecular weight is 465 g/mol. The van der Waals surface area contributed by atoms with Crippen LogP contribution in [-0.4, -0.2) is 52.3 Å². The van der Waals surface area contributed by atoms with Crippen LogP contribution in [0.5, 0.6) is 0 Å². The Hall–Kier alpha value is -3.62. The maximum absolute atomic E-state index is 13.6. The van der Waals surface area contributed by atoms with Crippen LogP contribution in [0.15, 0.2) is 18.3 Å². The number of benzene rings is 1. The number of ether oxygens (including phenoxy) is 2. The molecule has 34 heavy (non-hydrogen) atoms. The van der Waals surface area contributed by atoms with E-state index >= 15 is 0 Å². The van der Waals surface area contributed by atoms with Gasteiger partial charge in [0.1, 0.15) is 0 Å². The largest absolute Gasteiger partial charge is 0.464 e. The highest BCUT2D eigenvalue weighted by Gasteiger charge is 2.51. The number of aryl methyl sites for hydroxylation is 2. The molecule has 3 aromatic rings. The Morgan fingerprint density at radius 2 is 1.82 bits per heavy atom. The number of carbonyl (C=O) groups is 3. The summed E-state index contributed by atoms with van der Waals surface area (Å²) >= 11 is 0. The lowest BCUT2D eigenvalue weighted by Gasteiger charge is -2.26. The van der Waals surface area contributed by atoms with Gasteiger partial charge in [-0.15, -0.1) is 0 Å². The number of esters is 2. The van der Waals surface area contributed by atoms with E-state index in [-0.39, 0.29) is 19.1 Å². The number of nitrogens with zero attached hydrogens (tertiary/aromatic N) is 2. The molecule has 2 aromatic heterocycles. The van der Waals surface area contributed by atoms with Crippen LogP contribution in [-0.2, 0) is 42.1 Å². The standard InChI is InChI=1S/C25H28N4O5/c1-5-33-22(30)21(23(31)34-6-2)29-18-10-15-14-9-7-8-13-12-26-28-19(13)20(14)27-17(15)11-16(18)25(3,4)24(29)32/h10-12,21,27H,5-9H2,1-4H3,(H,26,28). The molecule has 1 aliphatic heterocycles. The van der Waals surface area contributed by atoms with Gasteiger partial charge in [-0.2, -0.15) is 5.10 Å². The van der Waals surface area contributed by atoms with Gasteiger partial charge < -0.3 is 14.5 Å². The van der Waals surface area contributed by atoms with Crippen LogP contribution < -0.4 is 4.90 Å². The van der Waals surface area contributed by atoms with Crippen molar-refractivity contribution in [2.45, 2.75) is 58.4 Å². The molecule has 3 heterocycles. The fraction of sp³-hybridized carbons (Fsp3) is 0.440. The van der Waals surface area contributed by atoms with Crippen LogP contribution in [0, 0.1) is 0 Å². The normalized spacial score (nSPS) is 16.3. The Morgan fingerprint density at radius 1 is 1.12 bits per heavy atom. The molecular formula is C25H28N4O5. The van der Waals surface area contributed by atoms with E-state index in [0.717, 1.165) is 52.7 Å². The molecule has 9 heteroatoms. The molecule has 0 radical (unpaired) electrons.